The number of carbonyl (C=O) groups is 1. The summed E-state index contributed by atoms with van der Waals surface area (Å²) in [6.45, 7) is 1.84. The van der Waals surface area contributed by atoms with E-state index >= 15 is 0 Å². The lowest BCUT2D eigenvalue weighted by molar-refractivity contribution is 0.0939. The van der Waals surface area contributed by atoms with Crippen LogP contribution in [0, 0.1) is 0 Å². The number of oxime groups is 1. The van der Waals surface area contributed by atoms with E-state index in [-0.39, 0.29) is 17.8 Å². The summed E-state index contributed by atoms with van der Waals surface area (Å²) in [5.74, 6) is -0.246. The minimum Gasteiger partial charge on any atom is -0.409 e. The average Bonchev–Trinajstić information content (AvgIpc) is 2.55. The van der Waals surface area contributed by atoms with Gasteiger partial charge in [0.05, 0.1) is 11.6 Å². The van der Waals surface area contributed by atoms with Crippen LogP contribution in [0.5, 0.6) is 0 Å². The molecule has 0 bridgehead atoms. The van der Waals surface area contributed by atoms with Crippen LogP contribution < -0.4 is 11.1 Å². The molecule has 7 heteroatoms. The van der Waals surface area contributed by atoms with E-state index < -0.39 is 0 Å². The predicted molar refractivity (Wildman–Crippen MR) is 76.9 cm³/mol. The first-order valence-corrected chi connectivity index (χ1v) is 6.25. The van der Waals surface area contributed by atoms with Gasteiger partial charge in [0.1, 0.15) is 6.33 Å². The van der Waals surface area contributed by atoms with E-state index in [2.05, 4.69) is 20.4 Å². The SMILES string of the molecule is C[C@@H](NC(=O)c1cncnc1)c1cccc(/C(N)=N/O)c1. The van der Waals surface area contributed by atoms with Crippen molar-refractivity contribution in [2.45, 2.75) is 13.0 Å². The van der Waals surface area contributed by atoms with Gasteiger partial charge in [-0.15, -0.1) is 0 Å². The smallest absolute Gasteiger partial charge is 0.254 e. The lowest BCUT2D eigenvalue weighted by Gasteiger charge is -2.15. The second kappa shape index (κ2) is 6.47. The maximum Gasteiger partial charge on any atom is 0.254 e. The van der Waals surface area contributed by atoms with Crippen molar-refractivity contribution in [1.82, 2.24) is 15.3 Å². The quantitative estimate of drug-likeness (QED) is 0.336. The Labute approximate surface area is 121 Å². The number of hydrogen-bond donors (Lipinski definition) is 3. The molecule has 1 aromatic carbocycles. The molecule has 1 atom stereocenters. The number of nitrogens with one attached hydrogen (secondary N) is 1. The van der Waals surface area contributed by atoms with Gasteiger partial charge in [-0.3, -0.25) is 4.79 Å². The van der Waals surface area contributed by atoms with Gasteiger partial charge < -0.3 is 16.3 Å². The summed E-state index contributed by atoms with van der Waals surface area (Å²) in [5.41, 5.74) is 7.36. The summed E-state index contributed by atoms with van der Waals surface area (Å²) in [6, 6.07) is 6.85. The van der Waals surface area contributed by atoms with Gasteiger partial charge in [-0.1, -0.05) is 23.4 Å². The molecule has 108 valence electrons. The molecule has 0 spiro atoms. The van der Waals surface area contributed by atoms with Crippen molar-refractivity contribution in [1.29, 1.82) is 0 Å². The summed E-state index contributed by atoms with van der Waals surface area (Å²) in [4.78, 5) is 19.6. The highest BCUT2D eigenvalue weighted by atomic mass is 16.4. The molecule has 4 N–H and O–H groups in total. The normalized spacial score (nSPS) is 12.7. The number of nitrogens with zero attached hydrogens (tertiary/aromatic N) is 3. The second-order valence-corrected chi connectivity index (χ2v) is 4.43. The molecule has 0 aliphatic rings. The summed E-state index contributed by atoms with van der Waals surface area (Å²) in [6.07, 6.45) is 4.25. The van der Waals surface area contributed by atoms with Crippen LogP contribution in [0.2, 0.25) is 0 Å². The third-order valence-corrected chi connectivity index (χ3v) is 2.96. The molecule has 0 radical (unpaired) electrons. The minimum absolute atomic E-state index is 0.0202. The van der Waals surface area contributed by atoms with Crippen molar-refractivity contribution < 1.29 is 10.0 Å². The summed E-state index contributed by atoms with van der Waals surface area (Å²) < 4.78 is 0. The molecule has 1 heterocycles. The van der Waals surface area contributed by atoms with Gasteiger partial charge in [0.2, 0.25) is 0 Å². The van der Waals surface area contributed by atoms with Crippen LogP contribution in [0.25, 0.3) is 0 Å². The van der Waals surface area contributed by atoms with Crippen molar-refractivity contribution >= 4 is 11.7 Å². The van der Waals surface area contributed by atoms with Crippen molar-refractivity contribution in [2.75, 3.05) is 0 Å². The molecule has 1 amide bonds. The van der Waals surface area contributed by atoms with E-state index in [4.69, 9.17) is 10.9 Å². The molecule has 0 fully saturated rings. The lowest BCUT2D eigenvalue weighted by atomic mass is 10.0. The molecule has 1 aromatic heterocycles. The van der Waals surface area contributed by atoms with Crippen LogP contribution in [-0.2, 0) is 0 Å². The summed E-state index contributed by atoms with van der Waals surface area (Å²) in [7, 11) is 0. The predicted octanol–water partition coefficient (Wildman–Crippen LogP) is 1.06. The number of hydrogen-bond acceptors (Lipinski definition) is 5. The standard InChI is InChI=1S/C14H15N5O2/c1-9(18-14(20)12-6-16-8-17-7-12)10-3-2-4-11(5-10)13(15)19-21/h2-9,21H,1H3,(H2,15,19)(H,18,20)/t9-/m1/s1. The van der Waals surface area contributed by atoms with Crippen molar-refractivity contribution in [3.63, 3.8) is 0 Å². The van der Waals surface area contributed by atoms with Gasteiger partial charge in [0, 0.05) is 18.0 Å². The highest BCUT2D eigenvalue weighted by Gasteiger charge is 2.12. The molecule has 0 saturated carbocycles. The third kappa shape index (κ3) is 3.53. The first-order valence-electron chi connectivity index (χ1n) is 6.25. The molecule has 0 saturated heterocycles. The Hall–Kier alpha value is -2.96. The van der Waals surface area contributed by atoms with Crippen LogP contribution in [-0.4, -0.2) is 26.9 Å². The van der Waals surface area contributed by atoms with Gasteiger partial charge in [-0.2, -0.15) is 0 Å². The molecule has 0 aliphatic carbocycles. The monoisotopic (exact) mass is 285 g/mol. The topological polar surface area (TPSA) is 113 Å². The van der Waals surface area contributed by atoms with Crippen molar-refractivity contribution in [3.8, 4) is 0 Å². The van der Waals surface area contributed by atoms with E-state index in [0.29, 0.717) is 11.1 Å². The van der Waals surface area contributed by atoms with Crippen LogP contribution in [0.3, 0.4) is 0 Å². The molecule has 21 heavy (non-hydrogen) atoms. The highest BCUT2D eigenvalue weighted by molar-refractivity contribution is 5.97. The fourth-order valence-corrected chi connectivity index (χ4v) is 1.80. The molecular weight excluding hydrogens is 270 g/mol. The zero-order valence-electron chi connectivity index (χ0n) is 11.4. The van der Waals surface area contributed by atoms with Gasteiger partial charge >= 0.3 is 0 Å². The molecule has 0 aliphatic heterocycles. The van der Waals surface area contributed by atoms with Crippen molar-refractivity contribution in [2.24, 2.45) is 10.9 Å². The van der Waals surface area contributed by atoms with Crippen molar-refractivity contribution in [3.05, 3.63) is 59.7 Å². The van der Waals surface area contributed by atoms with Gasteiger partial charge in [0.15, 0.2) is 5.84 Å². The number of amides is 1. The zero-order valence-corrected chi connectivity index (χ0v) is 11.4. The highest BCUT2D eigenvalue weighted by Crippen LogP contribution is 2.14. The van der Waals surface area contributed by atoms with Gasteiger partial charge in [-0.05, 0) is 18.6 Å². The summed E-state index contributed by atoms with van der Waals surface area (Å²) in [5, 5.41) is 14.5. The Balaban J connectivity index is 2.14. The largest absolute Gasteiger partial charge is 0.409 e. The zero-order chi connectivity index (χ0) is 15.2. The second-order valence-electron chi connectivity index (χ2n) is 4.43. The number of amidine groups is 1. The van der Waals surface area contributed by atoms with Crippen LogP contribution in [0.1, 0.15) is 34.5 Å². The molecule has 0 unspecified atom stereocenters. The third-order valence-electron chi connectivity index (χ3n) is 2.96. The number of carbonyl (C=O) groups excluding carboxylic acids is 1. The summed E-state index contributed by atoms with van der Waals surface area (Å²) >= 11 is 0. The fraction of sp³-hybridized carbons (Fsp3) is 0.143. The lowest BCUT2D eigenvalue weighted by Crippen LogP contribution is -2.27. The Morgan fingerprint density at radius 1 is 1.33 bits per heavy atom. The van der Waals surface area contributed by atoms with Gasteiger partial charge in [0.25, 0.3) is 5.91 Å². The number of rotatable bonds is 4. The fourth-order valence-electron chi connectivity index (χ4n) is 1.80. The van der Waals surface area contributed by atoms with Crippen LogP contribution >= 0.6 is 0 Å². The molecule has 7 nitrogen and oxygen atoms in total. The van der Waals surface area contributed by atoms with Crippen LogP contribution in [0.4, 0.5) is 0 Å². The van der Waals surface area contributed by atoms with E-state index in [1.807, 2.05) is 13.0 Å². The maximum absolute atomic E-state index is 12.0. The van der Waals surface area contributed by atoms with Gasteiger partial charge in [-0.25, -0.2) is 9.97 Å². The van der Waals surface area contributed by atoms with E-state index in [1.54, 1.807) is 18.2 Å². The Morgan fingerprint density at radius 3 is 2.71 bits per heavy atom. The Bertz CT molecular complexity index is 657. The van der Waals surface area contributed by atoms with E-state index in [1.165, 1.54) is 18.7 Å². The maximum atomic E-state index is 12.0. The van der Waals surface area contributed by atoms with Crippen LogP contribution in [0.15, 0.2) is 48.1 Å². The number of nitrogens with two attached hydrogens (primary N) is 1. The first-order chi connectivity index (χ1) is 10.1. The number of aromatic nitrogens is 2. The molecular formula is C14H15N5O2. The Morgan fingerprint density at radius 2 is 2.05 bits per heavy atom. The first kappa shape index (κ1) is 14.4. The Kier molecular flexibility index (Phi) is 4.45. The van der Waals surface area contributed by atoms with E-state index in [0.717, 1.165) is 5.56 Å². The number of benzene rings is 1. The molecule has 2 rings (SSSR count). The van der Waals surface area contributed by atoms with E-state index in [9.17, 15) is 4.79 Å². The molecule has 2 aromatic rings. The minimum atomic E-state index is -0.266. The average molecular weight is 285 g/mol.